The Kier molecular flexibility index (Phi) is 5.54. The number of hydrogen-bond donors (Lipinski definition) is 1. The lowest BCUT2D eigenvalue weighted by atomic mass is 10.3. The van der Waals surface area contributed by atoms with Crippen molar-refractivity contribution in [2.75, 3.05) is 13.2 Å². The molecule has 0 radical (unpaired) electrons. The SMILES string of the molecule is CC(C)N(CCCO)S(=O)(=O)c1ccc([N+](=O)[O-])nc1. The Morgan fingerprint density at radius 1 is 1.45 bits per heavy atom. The summed E-state index contributed by atoms with van der Waals surface area (Å²) in [4.78, 5) is 13.2. The van der Waals surface area contributed by atoms with E-state index in [-0.39, 0.29) is 24.1 Å². The lowest BCUT2D eigenvalue weighted by Gasteiger charge is -2.25. The molecule has 0 spiro atoms. The molecule has 8 nitrogen and oxygen atoms in total. The number of rotatable bonds is 7. The largest absolute Gasteiger partial charge is 0.396 e. The lowest BCUT2D eigenvalue weighted by molar-refractivity contribution is -0.389. The van der Waals surface area contributed by atoms with Crippen LogP contribution < -0.4 is 0 Å². The van der Waals surface area contributed by atoms with E-state index in [1.165, 1.54) is 4.31 Å². The van der Waals surface area contributed by atoms with Gasteiger partial charge in [-0.3, -0.25) is 0 Å². The zero-order valence-corrected chi connectivity index (χ0v) is 12.1. The molecule has 1 N–H and O–H groups in total. The summed E-state index contributed by atoms with van der Waals surface area (Å²) in [5.41, 5.74) is 0. The van der Waals surface area contributed by atoms with Gasteiger partial charge in [-0.15, -0.1) is 0 Å². The molecule has 0 atom stereocenters. The molecule has 1 rings (SSSR count). The van der Waals surface area contributed by atoms with E-state index in [0.717, 1.165) is 18.3 Å². The highest BCUT2D eigenvalue weighted by molar-refractivity contribution is 7.89. The van der Waals surface area contributed by atoms with Crippen molar-refractivity contribution in [3.63, 3.8) is 0 Å². The van der Waals surface area contributed by atoms with Gasteiger partial charge in [0, 0.05) is 25.3 Å². The van der Waals surface area contributed by atoms with Gasteiger partial charge in [-0.2, -0.15) is 4.31 Å². The molecule has 1 aromatic rings. The molecule has 0 bridgehead atoms. The lowest BCUT2D eigenvalue weighted by Crippen LogP contribution is -2.38. The van der Waals surface area contributed by atoms with Crippen LogP contribution in [0.4, 0.5) is 5.82 Å². The van der Waals surface area contributed by atoms with Gasteiger partial charge in [-0.1, -0.05) is 0 Å². The summed E-state index contributed by atoms with van der Waals surface area (Å²) in [5.74, 6) is -0.407. The second-order valence-corrected chi connectivity index (χ2v) is 6.29. The smallest absolute Gasteiger partial charge is 0.363 e. The standard InChI is InChI=1S/C11H17N3O5S/c1-9(2)13(6-3-7-15)20(18,19)10-4-5-11(12-8-10)14(16)17/h4-5,8-9,15H,3,6-7H2,1-2H3. The molecule has 0 aliphatic rings. The van der Waals surface area contributed by atoms with Gasteiger partial charge in [0.25, 0.3) is 0 Å². The van der Waals surface area contributed by atoms with Crippen molar-refractivity contribution >= 4 is 15.8 Å². The number of nitrogens with zero attached hydrogens (tertiary/aromatic N) is 3. The molecule has 1 heterocycles. The Balaban J connectivity index is 3.09. The average Bonchev–Trinajstić information content (AvgIpc) is 2.38. The number of pyridine rings is 1. The third-order valence-corrected chi connectivity index (χ3v) is 4.69. The van der Waals surface area contributed by atoms with Gasteiger partial charge in [0.1, 0.15) is 4.90 Å². The normalized spacial score (nSPS) is 12.1. The molecule has 1 aromatic heterocycles. The van der Waals surface area contributed by atoms with Crippen molar-refractivity contribution in [2.45, 2.75) is 31.2 Å². The fourth-order valence-electron chi connectivity index (χ4n) is 1.65. The van der Waals surface area contributed by atoms with Gasteiger partial charge >= 0.3 is 5.82 Å². The van der Waals surface area contributed by atoms with Crippen LogP contribution in [0.3, 0.4) is 0 Å². The van der Waals surface area contributed by atoms with Crippen LogP contribution in [-0.4, -0.2) is 46.9 Å². The molecule has 20 heavy (non-hydrogen) atoms. The second-order valence-electron chi connectivity index (χ2n) is 4.40. The summed E-state index contributed by atoms with van der Waals surface area (Å²) in [6.45, 7) is 3.49. The van der Waals surface area contributed by atoms with Gasteiger partial charge in [0.15, 0.2) is 6.20 Å². The van der Waals surface area contributed by atoms with E-state index >= 15 is 0 Å². The first-order valence-corrected chi connectivity index (χ1v) is 7.48. The van der Waals surface area contributed by atoms with E-state index in [1.807, 2.05) is 0 Å². The molecule has 9 heteroatoms. The van der Waals surface area contributed by atoms with Crippen molar-refractivity contribution in [2.24, 2.45) is 0 Å². The topological polar surface area (TPSA) is 114 Å². The van der Waals surface area contributed by atoms with E-state index in [1.54, 1.807) is 13.8 Å². The van der Waals surface area contributed by atoms with Crippen LogP contribution in [0.2, 0.25) is 0 Å². The summed E-state index contributed by atoms with van der Waals surface area (Å²) in [6.07, 6.45) is 1.29. The zero-order chi connectivity index (χ0) is 15.3. The van der Waals surface area contributed by atoms with Crippen LogP contribution in [0, 0.1) is 10.1 Å². The first kappa shape index (κ1) is 16.5. The van der Waals surface area contributed by atoms with E-state index in [2.05, 4.69) is 4.98 Å². The Labute approximate surface area is 117 Å². The number of aromatic nitrogens is 1. The van der Waals surface area contributed by atoms with Crippen molar-refractivity contribution in [3.8, 4) is 0 Å². The number of aliphatic hydroxyl groups is 1. The fourth-order valence-corrected chi connectivity index (χ4v) is 3.27. The molecular weight excluding hydrogens is 286 g/mol. The predicted octanol–water partition coefficient (Wildman–Crippen LogP) is 0.771. The third kappa shape index (κ3) is 3.71. The third-order valence-electron chi connectivity index (χ3n) is 2.63. The molecule has 0 aliphatic carbocycles. The molecule has 0 fully saturated rings. The molecule has 0 saturated carbocycles. The van der Waals surface area contributed by atoms with Crippen molar-refractivity contribution in [3.05, 3.63) is 28.4 Å². The summed E-state index contributed by atoms with van der Waals surface area (Å²) < 4.78 is 26.0. The zero-order valence-electron chi connectivity index (χ0n) is 11.3. The van der Waals surface area contributed by atoms with Crippen LogP contribution in [0.5, 0.6) is 0 Å². The summed E-state index contributed by atoms with van der Waals surface area (Å²) in [6, 6.07) is 1.92. The molecule has 0 unspecified atom stereocenters. The van der Waals surface area contributed by atoms with Crippen LogP contribution in [-0.2, 0) is 10.0 Å². The fraction of sp³-hybridized carbons (Fsp3) is 0.545. The maximum atomic E-state index is 12.4. The highest BCUT2D eigenvalue weighted by atomic mass is 32.2. The van der Waals surface area contributed by atoms with E-state index in [4.69, 9.17) is 5.11 Å². The van der Waals surface area contributed by atoms with Crippen LogP contribution in [0.25, 0.3) is 0 Å². The van der Waals surface area contributed by atoms with Crippen LogP contribution in [0.15, 0.2) is 23.2 Å². The molecule has 0 aliphatic heterocycles. The number of sulfonamides is 1. The van der Waals surface area contributed by atoms with E-state index < -0.39 is 20.8 Å². The number of hydrogen-bond acceptors (Lipinski definition) is 6. The summed E-state index contributed by atoms with van der Waals surface area (Å²) in [5, 5.41) is 19.3. The minimum Gasteiger partial charge on any atom is -0.396 e. The van der Waals surface area contributed by atoms with Crippen LogP contribution in [0.1, 0.15) is 20.3 Å². The quantitative estimate of drug-likeness (QED) is 0.588. The minimum atomic E-state index is -3.78. The molecule has 0 aromatic carbocycles. The monoisotopic (exact) mass is 303 g/mol. The Hall–Kier alpha value is -1.58. The van der Waals surface area contributed by atoms with E-state index in [0.29, 0.717) is 6.42 Å². The minimum absolute atomic E-state index is 0.102. The predicted molar refractivity (Wildman–Crippen MR) is 71.6 cm³/mol. The summed E-state index contributed by atoms with van der Waals surface area (Å²) >= 11 is 0. The second kappa shape index (κ2) is 6.73. The van der Waals surface area contributed by atoms with E-state index in [9.17, 15) is 18.5 Å². The van der Waals surface area contributed by atoms with Gasteiger partial charge in [0.05, 0.1) is 0 Å². The molecular formula is C11H17N3O5S. The highest BCUT2D eigenvalue weighted by Gasteiger charge is 2.28. The molecule has 0 saturated heterocycles. The summed E-state index contributed by atoms with van der Waals surface area (Å²) in [7, 11) is -3.78. The Morgan fingerprint density at radius 2 is 2.10 bits per heavy atom. The van der Waals surface area contributed by atoms with Gasteiger partial charge in [-0.05, 0) is 36.2 Å². The molecule has 112 valence electrons. The van der Waals surface area contributed by atoms with Crippen LogP contribution >= 0.6 is 0 Å². The van der Waals surface area contributed by atoms with Gasteiger partial charge < -0.3 is 15.2 Å². The van der Waals surface area contributed by atoms with Crippen molar-refractivity contribution in [1.82, 2.24) is 9.29 Å². The number of nitro groups is 1. The highest BCUT2D eigenvalue weighted by Crippen LogP contribution is 2.19. The first-order chi connectivity index (χ1) is 9.30. The van der Waals surface area contributed by atoms with Crippen molar-refractivity contribution < 1.29 is 18.4 Å². The Bertz CT molecular complexity index is 556. The van der Waals surface area contributed by atoms with Gasteiger partial charge in [-0.25, -0.2) is 8.42 Å². The maximum Gasteiger partial charge on any atom is 0.363 e. The number of aliphatic hydroxyl groups excluding tert-OH is 1. The average molecular weight is 303 g/mol. The Morgan fingerprint density at radius 3 is 2.50 bits per heavy atom. The first-order valence-electron chi connectivity index (χ1n) is 6.04. The maximum absolute atomic E-state index is 12.4. The van der Waals surface area contributed by atoms with Crippen molar-refractivity contribution in [1.29, 1.82) is 0 Å². The molecule has 0 amide bonds. The van der Waals surface area contributed by atoms with Gasteiger partial charge in [0.2, 0.25) is 10.0 Å².